The molecule has 1 rings (SSSR count). The summed E-state index contributed by atoms with van der Waals surface area (Å²) >= 11 is 0. The Morgan fingerprint density at radius 1 is 1.23 bits per heavy atom. The summed E-state index contributed by atoms with van der Waals surface area (Å²) in [5.74, 6) is 0.350. The van der Waals surface area contributed by atoms with Crippen molar-refractivity contribution >= 4 is 17.6 Å². The molecule has 1 amide bonds. The van der Waals surface area contributed by atoms with Gasteiger partial charge in [0.1, 0.15) is 0 Å². The molecule has 0 spiro atoms. The molecule has 4 N–H and O–H groups in total. The largest absolute Gasteiger partial charge is 0.370 e. The van der Waals surface area contributed by atoms with E-state index in [0.29, 0.717) is 18.9 Å². The summed E-state index contributed by atoms with van der Waals surface area (Å²) in [5.41, 5.74) is 9.42. The van der Waals surface area contributed by atoms with Crippen LogP contribution in [0, 0.1) is 0 Å². The quantitative estimate of drug-likeness (QED) is 0.535. The van der Waals surface area contributed by atoms with Crippen LogP contribution in [-0.4, -0.2) is 24.5 Å². The van der Waals surface area contributed by atoms with Crippen molar-refractivity contribution in [3.05, 3.63) is 29.3 Å². The van der Waals surface area contributed by atoms with Crippen LogP contribution in [-0.2, 0) is 17.6 Å². The second-order valence-corrected chi connectivity index (χ2v) is 5.52. The van der Waals surface area contributed by atoms with Crippen molar-refractivity contribution in [1.29, 1.82) is 0 Å². The monoisotopic (exact) mass is 304 g/mol. The number of carbonyl (C=O) groups excluding carboxylic acids is 1. The van der Waals surface area contributed by atoms with E-state index in [1.807, 2.05) is 13.8 Å². The number of hydrogen-bond donors (Lipinski definition) is 3. The Labute approximate surface area is 133 Å². The van der Waals surface area contributed by atoms with Gasteiger partial charge in [-0.1, -0.05) is 32.0 Å². The molecule has 0 bridgehead atoms. The molecule has 1 aromatic rings. The number of rotatable bonds is 7. The molecule has 5 nitrogen and oxygen atoms in total. The number of para-hydroxylation sites is 1. The number of benzene rings is 1. The highest BCUT2D eigenvalue weighted by atomic mass is 16.1. The number of amides is 1. The molecule has 0 radical (unpaired) electrons. The smallest absolute Gasteiger partial charge is 0.222 e. The highest BCUT2D eigenvalue weighted by molar-refractivity contribution is 5.94. The van der Waals surface area contributed by atoms with E-state index in [-0.39, 0.29) is 11.9 Å². The molecule has 0 heterocycles. The molecule has 0 saturated carbocycles. The van der Waals surface area contributed by atoms with E-state index in [1.54, 1.807) is 0 Å². The second-order valence-electron chi connectivity index (χ2n) is 5.52. The summed E-state index contributed by atoms with van der Waals surface area (Å²) in [5, 5.41) is 6.02. The predicted molar refractivity (Wildman–Crippen MR) is 93.2 cm³/mol. The van der Waals surface area contributed by atoms with Gasteiger partial charge < -0.3 is 16.4 Å². The first-order valence-corrected chi connectivity index (χ1v) is 7.94. The van der Waals surface area contributed by atoms with E-state index >= 15 is 0 Å². The normalized spacial score (nSPS) is 11.6. The number of aryl methyl sites for hydroxylation is 2. The average molecular weight is 304 g/mol. The molecule has 0 aliphatic rings. The van der Waals surface area contributed by atoms with Gasteiger partial charge in [-0.3, -0.25) is 9.79 Å². The number of anilines is 1. The lowest BCUT2D eigenvalue weighted by molar-refractivity contribution is -0.121. The van der Waals surface area contributed by atoms with E-state index in [4.69, 9.17) is 5.73 Å². The van der Waals surface area contributed by atoms with Gasteiger partial charge in [0.05, 0.1) is 6.54 Å². The van der Waals surface area contributed by atoms with Gasteiger partial charge in [-0.25, -0.2) is 0 Å². The minimum absolute atomic E-state index is 0.00486. The molecular weight excluding hydrogens is 276 g/mol. The van der Waals surface area contributed by atoms with Crippen LogP contribution in [0.1, 0.15) is 45.2 Å². The number of carbonyl (C=O) groups is 1. The zero-order valence-electron chi connectivity index (χ0n) is 14.1. The predicted octanol–water partition coefficient (Wildman–Crippen LogP) is 2.45. The third kappa shape index (κ3) is 5.76. The molecule has 0 saturated heterocycles. The molecule has 0 atom stereocenters. The van der Waals surface area contributed by atoms with Crippen molar-refractivity contribution < 1.29 is 4.79 Å². The number of aliphatic imine (C=N–C) groups is 1. The fourth-order valence-corrected chi connectivity index (χ4v) is 2.24. The first-order chi connectivity index (χ1) is 10.5. The van der Waals surface area contributed by atoms with Crippen molar-refractivity contribution in [2.45, 2.75) is 53.0 Å². The second kappa shape index (κ2) is 9.07. The first kappa shape index (κ1) is 18.0. The average Bonchev–Trinajstić information content (AvgIpc) is 2.46. The van der Waals surface area contributed by atoms with Crippen molar-refractivity contribution in [2.75, 3.05) is 11.9 Å². The number of nitrogens with one attached hydrogen (secondary N) is 2. The third-order valence-electron chi connectivity index (χ3n) is 3.32. The van der Waals surface area contributed by atoms with Crippen LogP contribution in [0.2, 0.25) is 0 Å². The maximum atomic E-state index is 11.6. The zero-order valence-corrected chi connectivity index (χ0v) is 14.1. The van der Waals surface area contributed by atoms with Crippen LogP contribution in [0.3, 0.4) is 0 Å². The topological polar surface area (TPSA) is 79.5 Å². The summed E-state index contributed by atoms with van der Waals surface area (Å²) in [6.07, 6.45) is 2.21. The molecule has 0 fully saturated rings. The molecule has 1 aromatic carbocycles. The summed E-state index contributed by atoms with van der Waals surface area (Å²) < 4.78 is 0. The van der Waals surface area contributed by atoms with Crippen LogP contribution in [0.25, 0.3) is 0 Å². The molecule has 122 valence electrons. The van der Waals surface area contributed by atoms with Crippen molar-refractivity contribution in [3.63, 3.8) is 0 Å². The van der Waals surface area contributed by atoms with Gasteiger partial charge in [0, 0.05) is 18.2 Å². The molecule has 5 heteroatoms. The van der Waals surface area contributed by atoms with Crippen LogP contribution in [0.15, 0.2) is 23.2 Å². The zero-order chi connectivity index (χ0) is 16.5. The number of hydrogen-bond acceptors (Lipinski definition) is 2. The van der Waals surface area contributed by atoms with Crippen LogP contribution in [0.4, 0.5) is 5.69 Å². The summed E-state index contributed by atoms with van der Waals surface area (Å²) in [6.45, 7) is 8.48. The molecule has 22 heavy (non-hydrogen) atoms. The van der Waals surface area contributed by atoms with Gasteiger partial charge in [-0.05, 0) is 37.8 Å². The summed E-state index contributed by atoms with van der Waals surface area (Å²) in [6, 6.07) is 6.39. The first-order valence-electron chi connectivity index (χ1n) is 7.94. The van der Waals surface area contributed by atoms with E-state index in [9.17, 15) is 4.79 Å². The van der Waals surface area contributed by atoms with Crippen molar-refractivity contribution in [3.8, 4) is 0 Å². The molecular formula is C17H28N4O. The van der Waals surface area contributed by atoms with Gasteiger partial charge in [0.15, 0.2) is 5.96 Å². The maximum absolute atomic E-state index is 11.6. The SMILES string of the molecule is CCc1cccc(CC)c1NC(N)=NCCC(=O)NC(C)C. The van der Waals surface area contributed by atoms with Gasteiger partial charge in [-0.15, -0.1) is 0 Å². The van der Waals surface area contributed by atoms with E-state index in [0.717, 1.165) is 18.5 Å². The minimum atomic E-state index is -0.00486. The van der Waals surface area contributed by atoms with Crippen LogP contribution >= 0.6 is 0 Å². The Hall–Kier alpha value is -2.04. The maximum Gasteiger partial charge on any atom is 0.222 e. The highest BCUT2D eigenvalue weighted by Crippen LogP contribution is 2.22. The Kier molecular flexibility index (Phi) is 7.43. The third-order valence-corrected chi connectivity index (χ3v) is 3.32. The standard InChI is InChI=1S/C17H28N4O/c1-5-13-8-7-9-14(6-2)16(13)21-17(18)19-11-10-15(22)20-12(3)4/h7-9,12H,5-6,10-11H2,1-4H3,(H,20,22)(H3,18,19,21). The van der Waals surface area contributed by atoms with Gasteiger partial charge >= 0.3 is 0 Å². The van der Waals surface area contributed by atoms with E-state index < -0.39 is 0 Å². The van der Waals surface area contributed by atoms with Gasteiger partial charge in [0.25, 0.3) is 0 Å². The Balaban J connectivity index is 2.66. The number of nitrogens with zero attached hydrogens (tertiary/aromatic N) is 1. The summed E-state index contributed by atoms with van der Waals surface area (Å²) in [4.78, 5) is 15.8. The Bertz CT molecular complexity index is 501. The van der Waals surface area contributed by atoms with E-state index in [1.165, 1.54) is 11.1 Å². The fourth-order valence-electron chi connectivity index (χ4n) is 2.24. The van der Waals surface area contributed by atoms with Crippen LogP contribution in [0.5, 0.6) is 0 Å². The van der Waals surface area contributed by atoms with Crippen molar-refractivity contribution in [2.24, 2.45) is 10.7 Å². The molecule has 0 unspecified atom stereocenters. The number of guanidine groups is 1. The van der Waals surface area contributed by atoms with Crippen molar-refractivity contribution in [1.82, 2.24) is 5.32 Å². The minimum Gasteiger partial charge on any atom is -0.370 e. The lowest BCUT2D eigenvalue weighted by atomic mass is 10.0. The lowest BCUT2D eigenvalue weighted by Crippen LogP contribution is -2.31. The summed E-state index contributed by atoms with van der Waals surface area (Å²) in [7, 11) is 0. The van der Waals surface area contributed by atoms with Gasteiger partial charge in [0.2, 0.25) is 5.91 Å². The molecule has 0 aliphatic heterocycles. The Morgan fingerprint density at radius 3 is 2.32 bits per heavy atom. The van der Waals surface area contributed by atoms with E-state index in [2.05, 4.69) is 47.7 Å². The lowest BCUT2D eigenvalue weighted by Gasteiger charge is -2.14. The Morgan fingerprint density at radius 2 is 1.82 bits per heavy atom. The fraction of sp³-hybridized carbons (Fsp3) is 0.529. The van der Waals surface area contributed by atoms with Gasteiger partial charge in [-0.2, -0.15) is 0 Å². The highest BCUT2D eigenvalue weighted by Gasteiger charge is 2.07. The molecule has 0 aliphatic carbocycles. The number of nitrogens with two attached hydrogens (primary N) is 1. The molecule has 0 aromatic heterocycles. The van der Waals surface area contributed by atoms with Crippen LogP contribution < -0.4 is 16.4 Å².